The predicted molar refractivity (Wildman–Crippen MR) is 225 cm³/mol. The van der Waals surface area contributed by atoms with Crippen molar-refractivity contribution in [1.29, 1.82) is 1.43 Å². The Labute approximate surface area is 339 Å². The molecule has 4 N–H and O–H groups in total. The first kappa shape index (κ1) is 40.7. The zero-order valence-electron chi connectivity index (χ0n) is 30.4. The summed E-state index contributed by atoms with van der Waals surface area (Å²) in [5.41, 5.74) is 2.82. The molecule has 14 nitrogen and oxygen atoms in total. The zero-order chi connectivity index (χ0) is 39.4. The number of hydrogen-bond donors (Lipinski definition) is 4. The fourth-order valence-electron chi connectivity index (χ4n) is 5.40. The van der Waals surface area contributed by atoms with Crippen LogP contribution in [0.5, 0.6) is 0 Å². The lowest BCUT2D eigenvalue weighted by Gasteiger charge is -2.36. The minimum absolute atomic E-state index is 0.0679. The molecule has 0 bridgehead atoms. The van der Waals surface area contributed by atoms with Gasteiger partial charge in [-0.25, -0.2) is 19.6 Å². The van der Waals surface area contributed by atoms with Gasteiger partial charge in [0.15, 0.2) is 0 Å². The van der Waals surface area contributed by atoms with E-state index >= 15 is 0 Å². The maximum atomic E-state index is 13.1. The Hall–Kier alpha value is -3.51. The first-order valence-corrected chi connectivity index (χ1v) is 21.9. The number of rotatable bonds is 11. The Morgan fingerprint density at radius 1 is 0.811 bits per heavy atom. The van der Waals surface area contributed by atoms with Crippen molar-refractivity contribution in [3.8, 4) is 0 Å². The maximum absolute atomic E-state index is 13.1. The number of nitrogens with zero attached hydrogens (tertiary/aromatic N) is 8. The number of carbonyl (C=O) groups is 2. The van der Waals surface area contributed by atoms with E-state index in [0.29, 0.717) is 58.0 Å². The molecule has 4 heterocycles. The third kappa shape index (κ3) is 10.8. The Kier molecular flexibility index (Phi) is 15.5. The van der Waals surface area contributed by atoms with E-state index in [4.69, 9.17) is 24.6 Å². The van der Waals surface area contributed by atoms with Crippen molar-refractivity contribution in [1.82, 2.24) is 19.9 Å². The van der Waals surface area contributed by atoms with Crippen LogP contribution >= 0.6 is 50.2 Å². The highest BCUT2D eigenvalue weighted by atomic mass is 127. The summed E-state index contributed by atoms with van der Waals surface area (Å²) in [5.74, 6) is 1.94. The van der Waals surface area contributed by atoms with E-state index < -0.39 is 0 Å². The molecule has 4 aromatic rings. The van der Waals surface area contributed by atoms with E-state index in [9.17, 15) is 14.7 Å². The van der Waals surface area contributed by atoms with Gasteiger partial charge in [0.2, 0.25) is 13.3 Å². The van der Waals surface area contributed by atoms with Gasteiger partial charge < -0.3 is 20.8 Å². The number of urea groups is 2. The Morgan fingerprint density at radius 3 is 1.57 bits per heavy atom. The summed E-state index contributed by atoms with van der Waals surface area (Å²) in [6, 6.07) is 14.1. The number of carbonyl (C=O) groups excluding carboxylic acids is 2. The molecule has 6 rings (SSSR count). The monoisotopic (exact) mass is 914 g/mol. The zero-order valence-corrected chi connectivity index (χ0v) is 34.8. The van der Waals surface area contributed by atoms with Crippen LogP contribution in [0.2, 0.25) is 10.0 Å². The average Bonchev–Trinajstić information content (AvgIpc) is 3.13. The van der Waals surface area contributed by atoms with Crippen LogP contribution in [0, 0.1) is 0 Å². The molecule has 0 saturated carbocycles. The van der Waals surface area contributed by atoms with Crippen molar-refractivity contribution in [2.24, 2.45) is 0 Å². The van der Waals surface area contributed by atoms with E-state index in [2.05, 4.69) is 69.5 Å². The van der Waals surface area contributed by atoms with Crippen molar-refractivity contribution in [2.75, 3.05) is 56.5 Å². The molecule has 0 spiro atoms. The third-order valence-corrected chi connectivity index (χ3v) is 8.18. The van der Waals surface area contributed by atoms with Gasteiger partial charge in [-0.3, -0.25) is 19.6 Å². The van der Waals surface area contributed by atoms with E-state index in [1.54, 1.807) is 46.5 Å². The number of aromatic nitrogens is 4. The summed E-state index contributed by atoms with van der Waals surface area (Å²) in [6.07, 6.45) is 3.41. The maximum Gasteiger partial charge on any atom is 0.330 e. The molecule has 19 heteroatoms. The number of amides is 4. The highest BCUT2D eigenvalue weighted by Gasteiger charge is 2.35. The van der Waals surface area contributed by atoms with Crippen LogP contribution in [-0.2, 0) is 24.9 Å². The van der Waals surface area contributed by atoms with Gasteiger partial charge in [-0.1, -0.05) is 47.5 Å². The average molecular weight is 916 g/mol. The topological polar surface area (TPSA) is 163 Å². The Balaban J connectivity index is 0.000000225. The molecule has 4 amide bonds. The fraction of sp³-hybridized carbons (Fsp3) is 0.353. The molecule has 0 radical (unpaired) electrons. The largest absolute Gasteiger partial charge is 0.395 e. The van der Waals surface area contributed by atoms with Gasteiger partial charge in [0.25, 0.3) is 0 Å². The summed E-state index contributed by atoms with van der Waals surface area (Å²) in [6.45, 7) is 8.82. The smallest absolute Gasteiger partial charge is 0.330 e. The van der Waals surface area contributed by atoms with E-state index in [-0.39, 0.29) is 50.4 Å². The van der Waals surface area contributed by atoms with Crippen molar-refractivity contribution in [3.05, 3.63) is 82.1 Å². The lowest BCUT2D eigenvalue weighted by Crippen LogP contribution is -2.49. The lowest BCUT2D eigenvalue weighted by molar-refractivity contribution is 0.244. The van der Waals surface area contributed by atoms with Gasteiger partial charge in [-0.2, -0.15) is 9.97 Å². The van der Waals surface area contributed by atoms with Gasteiger partial charge in [-0.15, -0.1) is 0 Å². The first-order chi connectivity index (χ1) is 25.9. The van der Waals surface area contributed by atoms with Crippen LogP contribution in [0.25, 0.3) is 0 Å². The number of anilines is 6. The molecule has 282 valence electrons. The second-order valence-electron chi connectivity index (χ2n) is 12.1. The molecule has 53 heavy (non-hydrogen) atoms. The molecular weight excluding hydrogens is 873 g/mol. The molecule has 0 aliphatic carbocycles. The Morgan fingerprint density at radius 2 is 1.21 bits per heavy atom. The van der Waals surface area contributed by atoms with Gasteiger partial charge in [0.05, 0.1) is 60.8 Å². The second kappa shape index (κ2) is 20.2. The molecule has 0 saturated heterocycles. The molecule has 0 atom stereocenters. The molecule has 2 aromatic heterocycles. The summed E-state index contributed by atoms with van der Waals surface area (Å²) >= 11 is 19.0. The number of benzene rings is 2. The van der Waals surface area contributed by atoms with E-state index in [0.717, 1.165) is 16.1 Å². The van der Waals surface area contributed by atoms with E-state index in [1.807, 2.05) is 52.0 Å². The van der Waals surface area contributed by atoms with Gasteiger partial charge in [0.1, 0.15) is 11.6 Å². The standard InChI is InChI=1S/2C17H20ClN5O2.IPS/c2*1-11(2)20-16-19-9-12-10-23(14-6-4-3-5-13(14)18)17(25)22(7-8-24)15(12)21-16;1-2-3/h2*3-6,9,11,24H,7-8,10H2,1-2H3,(H,19,20,21);/i24T;;. The quantitative estimate of drug-likeness (QED) is 0.0870. The van der Waals surface area contributed by atoms with Crippen LogP contribution in [0.1, 0.15) is 38.8 Å². The highest BCUT2D eigenvalue weighted by Crippen LogP contribution is 2.35. The summed E-state index contributed by atoms with van der Waals surface area (Å²) in [5, 5.41) is 21.0. The van der Waals surface area contributed by atoms with Crippen molar-refractivity contribution in [2.45, 2.75) is 52.9 Å². The lowest BCUT2D eigenvalue weighted by atomic mass is 10.2. The summed E-state index contributed by atoms with van der Waals surface area (Å²) < 4.78 is 6.94. The number of aliphatic hydroxyl groups is 2. The van der Waals surface area contributed by atoms with Crippen LogP contribution in [0.15, 0.2) is 60.9 Å². The second-order valence-corrected chi connectivity index (χ2v) is 17.0. The van der Waals surface area contributed by atoms with Crippen molar-refractivity contribution in [3.63, 3.8) is 0 Å². The number of nitrogens with one attached hydrogen (secondary N) is 2. The number of hydrogen-bond acceptors (Lipinski definition) is 11. The number of aliphatic hydroxyl groups excluding tert-OH is 2. The predicted octanol–water partition coefficient (Wildman–Crippen LogP) is 7.52. The SMILES string of the molecule is CC(C)Nc1ncc2c(n1)N(CCO)C(=O)N(c1ccccc1Cl)C2.S=PI.[3H]OCCN1C(=O)N(c2ccccc2Cl)Cc2cnc(NC(C)C)nc21. The number of β-amino-alcohol motifs (C(OH)–C–C–N with tert-alkyl or cyclic N) is 2. The molecule has 2 aliphatic heterocycles. The number of halogens is 3. The number of fused-ring (bicyclic) bond motifs is 2. The van der Waals surface area contributed by atoms with Crippen LogP contribution in [-0.4, -0.2) is 82.0 Å². The minimum atomic E-state index is -0.274. The molecular formula is C34H40Cl2IN10O4PS. The van der Waals surface area contributed by atoms with Crippen LogP contribution in [0.4, 0.5) is 44.5 Å². The first-order valence-electron chi connectivity index (χ1n) is 16.9. The summed E-state index contributed by atoms with van der Waals surface area (Å²) in [4.78, 5) is 50.7. The van der Waals surface area contributed by atoms with E-state index in [1.165, 1.54) is 9.80 Å². The molecule has 0 fully saturated rings. The number of para-hydroxylation sites is 2. The van der Waals surface area contributed by atoms with Gasteiger partial charge in [0, 0.05) is 40.6 Å². The fourth-order valence-corrected chi connectivity index (χ4v) is 5.88. The minimum Gasteiger partial charge on any atom is -0.395 e. The van der Waals surface area contributed by atoms with Crippen LogP contribution in [0.3, 0.4) is 0 Å². The van der Waals surface area contributed by atoms with Crippen LogP contribution < -0.4 is 30.2 Å². The molecule has 0 unspecified atom stereocenters. The Bertz CT molecular complexity index is 1920. The third-order valence-electron chi connectivity index (χ3n) is 7.54. The van der Waals surface area contributed by atoms with Crippen molar-refractivity contribution >= 4 is 109 Å². The van der Waals surface area contributed by atoms with Gasteiger partial charge in [-0.05, 0) is 85.8 Å². The highest BCUT2D eigenvalue weighted by molar-refractivity contribution is 14.2. The molecule has 2 aromatic carbocycles. The van der Waals surface area contributed by atoms with Gasteiger partial charge >= 0.3 is 12.1 Å². The van der Waals surface area contributed by atoms with Crippen molar-refractivity contribution < 1.29 is 19.8 Å². The summed E-state index contributed by atoms with van der Waals surface area (Å²) in [7, 11) is 0. The molecule has 2 aliphatic rings. The normalized spacial score (nSPS) is 13.9.